The summed E-state index contributed by atoms with van der Waals surface area (Å²) in [7, 11) is 0. The van der Waals surface area contributed by atoms with Gasteiger partial charge in [0.15, 0.2) is 12.3 Å². The van der Waals surface area contributed by atoms with Gasteiger partial charge in [-0.2, -0.15) is 9.90 Å². The molecule has 24 heavy (non-hydrogen) atoms. The van der Waals surface area contributed by atoms with Gasteiger partial charge in [-0.05, 0) is 46.2 Å². The first-order valence-corrected chi connectivity index (χ1v) is 7.76. The van der Waals surface area contributed by atoms with Gasteiger partial charge in [-0.15, -0.1) is 5.10 Å². The number of carbonyl (C=O) groups excluding carboxylic acids is 2. The molecule has 0 unspecified atom stereocenters. The lowest BCUT2D eigenvalue weighted by Crippen LogP contribution is -2.34. The molecule has 0 radical (unpaired) electrons. The van der Waals surface area contributed by atoms with Crippen molar-refractivity contribution in [1.29, 1.82) is 0 Å². The molecule has 0 fully saturated rings. The minimum Gasteiger partial charge on any atom is -0.451 e. The van der Waals surface area contributed by atoms with Crippen LogP contribution in [0, 0.1) is 20.8 Å². The Hall–Kier alpha value is -2.70. The molecule has 0 saturated carbocycles. The van der Waals surface area contributed by atoms with Crippen LogP contribution in [0.1, 0.15) is 41.2 Å². The first-order valence-electron chi connectivity index (χ1n) is 7.76. The number of hydrogen-bond donors (Lipinski definition) is 1. The molecule has 0 atom stereocenters. The number of rotatable bonds is 5. The van der Waals surface area contributed by atoms with Crippen molar-refractivity contribution >= 4 is 11.9 Å². The summed E-state index contributed by atoms with van der Waals surface area (Å²) in [5, 5.41) is 11.1. The highest BCUT2D eigenvalue weighted by Gasteiger charge is 2.19. The first kappa shape index (κ1) is 17.7. The maximum Gasteiger partial charge on any atom is 0.361 e. The van der Waals surface area contributed by atoms with E-state index in [9.17, 15) is 9.59 Å². The summed E-state index contributed by atoms with van der Waals surface area (Å²) in [5.74, 6) is -1.01. The van der Waals surface area contributed by atoms with E-state index >= 15 is 0 Å². The van der Waals surface area contributed by atoms with E-state index in [0.717, 1.165) is 16.8 Å². The van der Waals surface area contributed by atoms with Crippen LogP contribution in [0.2, 0.25) is 0 Å². The van der Waals surface area contributed by atoms with E-state index in [4.69, 9.17) is 4.74 Å². The number of aryl methyl sites for hydroxylation is 3. The quantitative estimate of drug-likeness (QED) is 0.846. The lowest BCUT2D eigenvalue weighted by Gasteiger charge is -2.08. The van der Waals surface area contributed by atoms with Gasteiger partial charge in [-0.1, -0.05) is 17.7 Å². The zero-order valence-corrected chi connectivity index (χ0v) is 14.6. The molecule has 2 aromatic rings. The number of carbonyl (C=O) groups is 2. The molecular weight excluding hydrogens is 308 g/mol. The second kappa shape index (κ2) is 7.25. The van der Waals surface area contributed by atoms with Gasteiger partial charge < -0.3 is 10.1 Å². The molecule has 0 aliphatic heterocycles. The highest BCUT2D eigenvalue weighted by molar-refractivity contribution is 5.90. The van der Waals surface area contributed by atoms with Crippen LogP contribution in [0.25, 0.3) is 5.69 Å². The van der Waals surface area contributed by atoms with Crippen molar-refractivity contribution in [3.05, 3.63) is 40.7 Å². The van der Waals surface area contributed by atoms with Gasteiger partial charge in [0.2, 0.25) is 0 Å². The molecule has 0 aliphatic carbocycles. The Balaban J connectivity index is 2.13. The maximum atomic E-state index is 12.1. The summed E-state index contributed by atoms with van der Waals surface area (Å²) in [5.41, 5.74) is 3.48. The molecule has 1 aromatic heterocycles. The molecule has 0 aliphatic rings. The third-order valence-electron chi connectivity index (χ3n) is 3.33. The van der Waals surface area contributed by atoms with E-state index in [1.807, 2.05) is 45.9 Å². The zero-order valence-electron chi connectivity index (χ0n) is 14.6. The van der Waals surface area contributed by atoms with Gasteiger partial charge in [-0.25, -0.2) is 4.79 Å². The van der Waals surface area contributed by atoms with Gasteiger partial charge in [0.05, 0.1) is 11.4 Å². The Kier molecular flexibility index (Phi) is 5.33. The normalized spacial score (nSPS) is 10.8. The Morgan fingerprint density at radius 3 is 2.54 bits per heavy atom. The fraction of sp³-hybridized carbons (Fsp3) is 0.412. The minimum atomic E-state index is -0.664. The summed E-state index contributed by atoms with van der Waals surface area (Å²) in [6.07, 6.45) is 0. The smallest absolute Gasteiger partial charge is 0.361 e. The molecule has 1 heterocycles. The Morgan fingerprint density at radius 2 is 1.92 bits per heavy atom. The third-order valence-corrected chi connectivity index (χ3v) is 3.33. The number of benzene rings is 1. The molecule has 0 saturated heterocycles. The summed E-state index contributed by atoms with van der Waals surface area (Å²) in [6.45, 7) is 8.96. The Morgan fingerprint density at radius 1 is 1.21 bits per heavy atom. The minimum absolute atomic E-state index is 0.0108. The molecule has 1 N–H and O–H groups in total. The molecule has 7 nitrogen and oxygen atoms in total. The predicted octanol–water partition coefficient (Wildman–Crippen LogP) is 1.87. The summed E-state index contributed by atoms with van der Waals surface area (Å²) < 4.78 is 5.00. The van der Waals surface area contributed by atoms with E-state index in [1.54, 1.807) is 6.92 Å². The van der Waals surface area contributed by atoms with Crippen molar-refractivity contribution in [2.45, 2.75) is 40.7 Å². The topological polar surface area (TPSA) is 86.1 Å². The van der Waals surface area contributed by atoms with Gasteiger partial charge in [0.1, 0.15) is 0 Å². The van der Waals surface area contributed by atoms with Gasteiger partial charge in [0.25, 0.3) is 5.91 Å². The summed E-state index contributed by atoms with van der Waals surface area (Å²) in [4.78, 5) is 25.1. The van der Waals surface area contributed by atoms with Crippen molar-refractivity contribution in [2.75, 3.05) is 6.61 Å². The van der Waals surface area contributed by atoms with Crippen molar-refractivity contribution in [3.63, 3.8) is 0 Å². The van der Waals surface area contributed by atoms with Crippen LogP contribution in [0.15, 0.2) is 18.2 Å². The summed E-state index contributed by atoms with van der Waals surface area (Å²) >= 11 is 0. The van der Waals surface area contributed by atoms with Crippen LogP contribution in [-0.4, -0.2) is 39.5 Å². The number of hydrogen-bond acceptors (Lipinski definition) is 5. The zero-order chi connectivity index (χ0) is 17.9. The molecule has 0 spiro atoms. The van der Waals surface area contributed by atoms with Crippen LogP contribution < -0.4 is 5.32 Å². The molecule has 2 rings (SSSR count). The fourth-order valence-corrected chi connectivity index (χ4v) is 2.27. The molecule has 0 bridgehead atoms. The average molecular weight is 330 g/mol. The molecule has 7 heteroatoms. The van der Waals surface area contributed by atoms with Crippen molar-refractivity contribution in [2.24, 2.45) is 0 Å². The van der Waals surface area contributed by atoms with Gasteiger partial charge >= 0.3 is 5.97 Å². The average Bonchev–Trinajstić information content (AvgIpc) is 2.85. The van der Waals surface area contributed by atoms with Gasteiger partial charge in [-0.3, -0.25) is 4.79 Å². The fourth-order valence-electron chi connectivity index (χ4n) is 2.27. The van der Waals surface area contributed by atoms with E-state index < -0.39 is 5.97 Å². The van der Waals surface area contributed by atoms with Crippen LogP contribution in [-0.2, 0) is 9.53 Å². The largest absolute Gasteiger partial charge is 0.451 e. The number of amides is 1. The van der Waals surface area contributed by atoms with Crippen LogP contribution in [0.4, 0.5) is 0 Å². The molecule has 1 amide bonds. The van der Waals surface area contributed by atoms with E-state index in [2.05, 4.69) is 15.5 Å². The number of esters is 1. The highest BCUT2D eigenvalue weighted by Crippen LogP contribution is 2.15. The van der Waals surface area contributed by atoms with Crippen LogP contribution >= 0.6 is 0 Å². The summed E-state index contributed by atoms with van der Waals surface area (Å²) in [6, 6.07) is 5.86. The lowest BCUT2D eigenvalue weighted by atomic mass is 10.1. The number of aromatic nitrogens is 3. The Bertz CT molecular complexity index is 765. The highest BCUT2D eigenvalue weighted by atomic mass is 16.5. The second-order valence-corrected chi connectivity index (χ2v) is 6.01. The number of ether oxygens (including phenoxy) is 1. The molecule has 128 valence electrons. The standard InChI is InChI=1S/C17H22N4O3/c1-10(2)18-15(22)9-24-17(23)16-13(5)19-21(20-16)14-7-6-11(3)8-12(14)4/h6-8,10H,9H2,1-5H3,(H,18,22). The van der Waals surface area contributed by atoms with E-state index in [0.29, 0.717) is 5.69 Å². The molecular formula is C17H22N4O3. The van der Waals surface area contributed by atoms with Gasteiger partial charge in [0, 0.05) is 6.04 Å². The SMILES string of the molecule is Cc1ccc(-n2nc(C)c(C(=O)OCC(=O)NC(C)C)n2)c(C)c1. The van der Waals surface area contributed by atoms with Crippen molar-refractivity contribution in [3.8, 4) is 5.69 Å². The predicted molar refractivity (Wildman–Crippen MR) is 89.1 cm³/mol. The lowest BCUT2D eigenvalue weighted by molar-refractivity contribution is -0.124. The van der Waals surface area contributed by atoms with Crippen molar-refractivity contribution < 1.29 is 14.3 Å². The third kappa shape index (κ3) is 4.18. The van der Waals surface area contributed by atoms with Crippen LogP contribution in [0.3, 0.4) is 0 Å². The number of nitrogens with zero attached hydrogens (tertiary/aromatic N) is 3. The van der Waals surface area contributed by atoms with Crippen LogP contribution in [0.5, 0.6) is 0 Å². The second-order valence-electron chi connectivity index (χ2n) is 6.01. The Labute approximate surface area is 141 Å². The molecule has 1 aromatic carbocycles. The maximum absolute atomic E-state index is 12.1. The van der Waals surface area contributed by atoms with E-state index in [-0.39, 0.29) is 24.2 Å². The first-order chi connectivity index (χ1) is 11.3. The van der Waals surface area contributed by atoms with Crippen molar-refractivity contribution in [1.82, 2.24) is 20.3 Å². The number of nitrogens with one attached hydrogen (secondary N) is 1. The van der Waals surface area contributed by atoms with E-state index in [1.165, 1.54) is 4.80 Å². The monoisotopic (exact) mass is 330 g/mol.